The number of sulfonamides is 1. The molecule has 0 aliphatic heterocycles. The second kappa shape index (κ2) is 5.75. The van der Waals surface area contributed by atoms with Gasteiger partial charge in [0.25, 0.3) is 10.0 Å². The maximum absolute atomic E-state index is 12.8. The van der Waals surface area contributed by atoms with Crippen LogP contribution in [0.1, 0.15) is 26.5 Å². The number of nitrogens with zero attached hydrogens (tertiary/aromatic N) is 4. The highest BCUT2D eigenvalue weighted by molar-refractivity contribution is 7.92. The molecule has 0 saturated heterocycles. The van der Waals surface area contributed by atoms with Crippen molar-refractivity contribution in [2.75, 3.05) is 4.72 Å². The first-order valence-electron chi connectivity index (χ1n) is 7.30. The number of hydrogen-bond donors (Lipinski definition) is 2. The molecule has 0 aliphatic rings. The first-order chi connectivity index (χ1) is 11.3. The molecule has 2 aromatic heterocycles. The molecule has 126 valence electrons. The third kappa shape index (κ3) is 3.02. The zero-order valence-corrected chi connectivity index (χ0v) is 14.4. The van der Waals surface area contributed by atoms with Crippen LogP contribution in [0.5, 0.6) is 0 Å². The van der Waals surface area contributed by atoms with Crippen molar-refractivity contribution >= 4 is 15.7 Å². The quantitative estimate of drug-likeness (QED) is 0.752. The Morgan fingerprint density at radius 3 is 2.62 bits per heavy atom. The molecule has 0 radical (unpaired) electrons. The van der Waals surface area contributed by atoms with E-state index in [0.29, 0.717) is 17.1 Å². The van der Waals surface area contributed by atoms with Crippen molar-refractivity contribution in [1.82, 2.24) is 25.0 Å². The molecule has 2 heterocycles. The molecule has 3 aromatic rings. The fourth-order valence-electron chi connectivity index (χ4n) is 2.31. The standard InChI is InChI=1S/C15H18N6O2S/c1-15(2,3)14-13(8-17-19-14)24(22,23)20-11-6-4-5-7-12(11)21-10-16-9-18-21/h4-10,20H,1-3H3,(H,17,19). The number of H-pyrrole nitrogens is 1. The monoisotopic (exact) mass is 346 g/mol. The maximum Gasteiger partial charge on any atom is 0.265 e. The second-order valence-corrected chi connectivity index (χ2v) is 7.97. The number of nitrogens with one attached hydrogen (secondary N) is 2. The lowest BCUT2D eigenvalue weighted by Crippen LogP contribution is -2.21. The van der Waals surface area contributed by atoms with Crippen molar-refractivity contribution in [1.29, 1.82) is 0 Å². The molecule has 3 rings (SSSR count). The number of aromatic nitrogens is 5. The van der Waals surface area contributed by atoms with E-state index in [1.807, 2.05) is 20.8 Å². The Morgan fingerprint density at radius 1 is 1.21 bits per heavy atom. The van der Waals surface area contributed by atoms with Crippen molar-refractivity contribution in [3.05, 3.63) is 48.8 Å². The van der Waals surface area contributed by atoms with Crippen LogP contribution in [0.25, 0.3) is 5.69 Å². The smallest absolute Gasteiger partial charge is 0.265 e. The first kappa shape index (κ1) is 16.2. The van der Waals surface area contributed by atoms with Gasteiger partial charge in [-0.2, -0.15) is 10.2 Å². The van der Waals surface area contributed by atoms with Gasteiger partial charge in [0.2, 0.25) is 0 Å². The Balaban J connectivity index is 2.02. The number of hydrogen-bond acceptors (Lipinski definition) is 5. The number of rotatable bonds is 4. The van der Waals surface area contributed by atoms with E-state index < -0.39 is 10.0 Å². The molecule has 0 amide bonds. The Morgan fingerprint density at radius 2 is 1.96 bits per heavy atom. The van der Waals surface area contributed by atoms with Crippen LogP contribution in [0.3, 0.4) is 0 Å². The summed E-state index contributed by atoms with van der Waals surface area (Å²) in [7, 11) is -3.80. The van der Waals surface area contributed by atoms with Crippen molar-refractivity contribution in [3.8, 4) is 5.69 Å². The maximum atomic E-state index is 12.8. The summed E-state index contributed by atoms with van der Waals surface area (Å²) in [5.41, 5.74) is 1.16. The molecular formula is C15H18N6O2S. The van der Waals surface area contributed by atoms with Crippen LogP contribution in [0.4, 0.5) is 5.69 Å². The Bertz CT molecular complexity index is 939. The molecule has 0 atom stereocenters. The summed E-state index contributed by atoms with van der Waals surface area (Å²) in [6, 6.07) is 6.98. The van der Waals surface area contributed by atoms with Gasteiger partial charge in [-0.15, -0.1) is 0 Å². The first-order valence-corrected chi connectivity index (χ1v) is 8.78. The van der Waals surface area contributed by atoms with E-state index in [1.165, 1.54) is 23.5 Å². The van der Waals surface area contributed by atoms with Crippen LogP contribution in [-0.2, 0) is 15.4 Å². The lowest BCUT2D eigenvalue weighted by atomic mass is 9.92. The van der Waals surface area contributed by atoms with Gasteiger partial charge in [-0.05, 0) is 12.1 Å². The summed E-state index contributed by atoms with van der Waals surface area (Å²) >= 11 is 0. The SMILES string of the molecule is CC(C)(C)c1[nH]ncc1S(=O)(=O)Nc1ccccc1-n1cncn1. The summed E-state index contributed by atoms with van der Waals surface area (Å²) in [6.07, 6.45) is 4.21. The summed E-state index contributed by atoms with van der Waals surface area (Å²) in [5.74, 6) is 0. The topological polar surface area (TPSA) is 106 Å². The van der Waals surface area contributed by atoms with Gasteiger partial charge in [-0.3, -0.25) is 9.82 Å². The van der Waals surface area contributed by atoms with Gasteiger partial charge in [0.05, 0.1) is 23.3 Å². The van der Waals surface area contributed by atoms with Gasteiger partial charge in [-0.25, -0.2) is 18.1 Å². The molecule has 0 aliphatic carbocycles. The van der Waals surface area contributed by atoms with E-state index >= 15 is 0 Å². The van der Waals surface area contributed by atoms with Crippen LogP contribution < -0.4 is 4.72 Å². The van der Waals surface area contributed by atoms with Crippen LogP contribution >= 0.6 is 0 Å². The Labute approximate surface area is 140 Å². The minimum atomic E-state index is -3.80. The number of aromatic amines is 1. The molecule has 9 heteroatoms. The zero-order valence-electron chi connectivity index (χ0n) is 13.6. The largest absolute Gasteiger partial charge is 0.281 e. The van der Waals surface area contributed by atoms with Gasteiger partial charge < -0.3 is 0 Å². The van der Waals surface area contributed by atoms with Crippen molar-refractivity contribution in [3.63, 3.8) is 0 Å². The van der Waals surface area contributed by atoms with Gasteiger partial charge in [-0.1, -0.05) is 32.9 Å². The normalized spacial score (nSPS) is 12.3. The highest BCUT2D eigenvalue weighted by Crippen LogP contribution is 2.29. The van der Waals surface area contributed by atoms with E-state index in [9.17, 15) is 8.42 Å². The van der Waals surface area contributed by atoms with Crippen LogP contribution in [0.15, 0.2) is 48.0 Å². The Kier molecular flexibility index (Phi) is 3.88. The van der Waals surface area contributed by atoms with Gasteiger partial charge >= 0.3 is 0 Å². The second-order valence-electron chi connectivity index (χ2n) is 6.32. The number of para-hydroxylation sites is 2. The third-order valence-corrected chi connectivity index (χ3v) is 4.84. The minimum absolute atomic E-state index is 0.128. The van der Waals surface area contributed by atoms with Gasteiger partial charge in [0, 0.05) is 5.41 Å². The molecule has 1 aromatic carbocycles. The van der Waals surface area contributed by atoms with Gasteiger partial charge in [0.1, 0.15) is 17.6 Å². The summed E-state index contributed by atoms with van der Waals surface area (Å²) in [4.78, 5) is 4.02. The van der Waals surface area contributed by atoms with E-state index in [-0.39, 0.29) is 10.3 Å². The van der Waals surface area contributed by atoms with Gasteiger partial charge in [0.15, 0.2) is 0 Å². The highest BCUT2D eigenvalue weighted by atomic mass is 32.2. The van der Waals surface area contributed by atoms with Crippen molar-refractivity contribution in [2.24, 2.45) is 0 Å². The predicted octanol–water partition coefficient (Wildman–Crippen LogP) is 2.09. The molecule has 0 fully saturated rings. The number of benzene rings is 1. The molecule has 24 heavy (non-hydrogen) atoms. The fourth-order valence-corrected chi connectivity index (χ4v) is 3.69. The van der Waals surface area contributed by atoms with Crippen molar-refractivity contribution < 1.29 is 8.42 Å². The molecule has 8 nitrogen and oxygen atoms in total. The zero-order chi connectivity index (χ0) is 17.4. The van der Waals surface area contributed by atoms with Crippen LogP contribution in [0, 0.1) is 0 Å². The molecular weight excluding hydrogens is 328 g/mol. The molecule has 0 unspecified atom stereocenters. The lowest BCUT2D eigenvalue weighted by molar-refractivity contribution is 0.547. The Hall–Kier alpha value is -2.68. The lowest BCUT2D eigenvalue weighted by Gasteiger charge is -2.19. The van der Waals surface area contributed by atoms with Crippen LogP contribution in [0.2, 0.25) is 0 Å². The molecule has 0 saturated carbocycles. The van der Waals surface area contributed by atoms with E-state index in [4.69, 9.17) is 0 Å². The third-order valence-electron chi connectivity index (χ3n) is 3.46. The summed E-state index contributed by atoms with van der Waals surface area (Å²) < 4.78 is 29.8. The molecule has 0 spiro atoms. The van der Waals surface area contributed by atoms with E-state index in [2.05, 4.69) is 25.0 Å². The van der Waals surface area contributed by atoms with Crippen molar-refractivity contribution in [2.45, 2.75) is 31.1 Å². The molecule has 0 bridgehead atoms. The summed E-state index contributed by atoms with van der Waals surface area (Å²) in [5, 5.41) is 10.7. The van der Waals surface area contributed by atoms with Crippen LogP contribution in [-0.4, -0.2) is 33.4 Å². The predicted molar refractivity (Wildman–Crippen MR) is 89.5 cm³/mol. The molecule has 2 N–H and O–H groups in total. The number of anilines is 1. The van der Waals surface area contributed by atoms with E-state index in [1.54, 1.807) is 24.3 Å². The van der Waals surface area contributed by atoms with E-state index in [0.717, 1.165) is 0 Å². The average molecular weight is 346 g/mol. The summed E-state index contributed by atoms with van der Waals surface area (Å²) in [6.45, 7) is 5.76. The fraction of sp³-hybridized carbons (Fsp3) is 0.267. The average Bonchev–Trinajstić information content (AvgIpc) is 3.19. The minimum Gasteiger partial charge on any atom is -0.281 e. The highest BCUT2D eigenvalue weighted by Gasteiger charge is 2.28.